The van der Waals surface area contributed by atoms with Crippen molar-refractivity contribution < 1.29 is 9.52 Å². The average Bonchev–Trinajstić information content (AvgIpc) is 3.20. The van der Waals surface area contributed by atoms with Gasteiger partial charge >= 0.3 is 0 Å². The van der Waals surface area contributed by atoms with Crippen LogP contribution in [0, 0.1) is 5.41 Å². The number of halogens is 1. The van der Waals surface area contributed by atoms with Crippen LogP contribution in [0.3, 0.4) is 0 Å². The third-order valence-corrected chi connectivity index (χ3v) is 5.51. The lowest BCUT2D eigenvalue weighted by Gasteiger charge is -2.34. The molecule has 1 saturated carbocycles. The summed E-state index contributed by atoms with van der Waals surface area (Å²) in [6.45, 7) is 4.30. The van der Waals surface area contributed by atoms with Gasteiger partial charge in [0.25, 0.3) is 0 Å². The van der Waals surface area contributed by atoms with Crippen LogP contribution in [0.25, 0.3) is 0 Å². The smallest absolute Gasteiger partial charge is 0.193 e. The highest BCUT2D eigenvalue weighted by Gasteiger charge is 2.40. The van der Waals surface area contributed by atoms with Crippen LogP contribution in [0.5, 0.6) is 0 Å². The van der Waals surface area contributed by atoms with Crippen LogP contribution in [-0.2, 0) is 5.60 Å². The summed E-state index contributed by atoms with van der Waals surface area (Å²) in [5, 5.41) is 13.9. The van der Waals surface area contributed by atoms with E-state index >= 15 is 0 Å². The minimum absolute atomic E-state index is 0. The van der Waals surface area contributed by atoms with Gasteiger partial charge in [0.1, 0.15) is 11.4 Å². The molecule has 1 aromatic rings. The van der Waals surface area contributed by atoms with Crippen LogP contribution >= 0.6 is 24.0 Å². The van der Waals surface area contributed by atoms with Crippen LogP contribution in [-0.4, -0.2) is 42.6 Å². The molecule has 0 amide bonds. The van der Waals surface area contributed by atoms with E-state index in [-0.39, 0.29) is 24.0 Å². The topological polar surface area (TPSA) is 61.0 Å². The third-order valence-electron chi connectivity index (χ3n) is 5.51. The molecule has 0 aromatic carbocycles. The standard InChI is InChI=1S/C18H29N3O2.HI/c1-17(22,15-7-6-12-23-15)13-20-16(19-2)21-11-10-18(14-21)8-4-3-5-9-18;/h6-7,12,22H,3-5,8-11,13-14H2,1-2H3,(H,19,20);1H. The molecule has 2 N–H and O–H groups in total. The maximum Gasteiger partial charge on any atom is 0.193 e. The van der Waals surface area contributed by atoms with E-state index in [2.05, 4.69) is 15.2 Å². The molecule has 1 aliphatic carbocycles. The van der Waals surface area contributed by atoms with Crippen molar-refractivity contribution in [1.29, 1.82) is 0 Å². The fraction of sp³-hybridized carbons (Fsp3) is 0.722. The predicted octanol–water partition coefficient (Wildman–Crippen LogP) is 3.34. The van der Waals surface area contributed by atoms with E-state index in [0.29, 0.717) is 17.7 Å². The lowest BCUT2D eigenvalue weighted by atomic mass is 9.73. The lowest BCUT2D eigenvalue weighted by molar-refractivity contribution is 0.0380. The number of rotatable bonds is 3. The van der Waals surface area contributed by atoms with Gasteiger partial charge in [0.2, 0.25) is 0 Å². The van der Waals surface area contributed by atoms with Gasteiger partial charge < -0.3 is 19.7 Å². The molecule has 2 heterocycles. The van der Waals surface area contributed by atoms with E-state index < -0.39 is 5.60 Å². The Labute approximate surface area is 161 Å². The number of nitrogens with zero attached hydrogens (tertiary/aromatic N) is 2. The first-order chi connectivity index (χ1) is 11.0. The number of likely N-dealkylation sites (tertiary alicyclic amines) is 1. The normalized spacial score (nSPS) is 23.0. The second-order valence-corrected chi connectivity index (χ2v) is 7.38. The quantitative estimate of drug-likeness (QED) is 0.424. The lowest BCUT2D eigenvalue weighted by Crippen LogP contribution is -2.46. The number of aliphatic imine (C=N–C) groups is 1. The van der Waals surface area contributed by atoms with Gasteiger partial charge in [-0.3, -0.25) is 4.99 Å². The summed E-state index contributed by atoms with van der Waals surface area (Å²) in [6, 6.07) is 3.60. The summed E-state index contributed by atoms with van der Waals surface area (Å²) < 4.78 is 5.34. The first-order valence-electron chi connectivity index (χ1n) is 8.77. The second kappa shape index (κ2) is 8.08. The summed E-state index contributed by atoms with van der Waals surface area (Å²) in [6.07, 6.45) is 9.68. The molecule has 24 heavy (non-hydrogen) atoms. The van der Waals surface area contributed by atoms with Gasteiger partial charge in [-0.25, -0.2) is 0 Å². The summed E-state index contributed by atoms with van der Waals surface area (Å²) >= 11 is 0. The van der Waals surface area contributed by atoms with Gasteiger partial charge in [-0.2, -0.15) is 0 Å². The SMILES string of the molecule is CN=C(NCC(C)(O)c1ccco1)N1CCC2(CCCCC2)C1.I. The summed E-state index contributed by atoms with van der Waals surface area (Å²) in [7, 11) is 1.82. The summed E-state index contributed by atoms with van der Waals surface area (Å²) in [4.78, 5) is 6.77. The van der Waals surface area contributed by atoms with Gasteiger partial charge in [0, 0.05) is 20.1 Å². The molecule has 1 spiro atoms. The average molecular weight is 447 g/mol. The Kier molecular flexibility index (Phi) is 6.59. The number of aliphatic hydroxyl groups is 1. The van der Waals surface area contributed by atoms with Crippen LogP contribution < -0.4 is 5.32 Å². The molecule has 1 unspecified atom stereocenters. The highest BCUT2D eigenvalue weighted by Crippen LogP contribution is 2.43. The number of hydrogen-bond donors (Lipinski definition) is 2. The molecule has 0 bridgehead atoms. The Balaban J connectivity index is 0.00000208. The highest BCUT2D eigenvalue weighted by molar-refractivity contribution is 14.0. The maximum absolute atomic E-state index is 10.6. The molecule has 0 radical (unpaired) electrons. The molecule has 1 aromatic heterocycles. The van der Waals surface area contributed by atoms with Gasteiger partial charge in [0.05, 0.1) is 12.8 Å². The first kappa shape index (κ1) is 19.6. The zero-order chi connectivity index (χ0) is 16.3. The first-order valence-corrected chi connectivity index (χ1v) is 8.77. The van der Waals surface area contributed by atoms with Gasteiger partial charge in [-0.15, -0.1) is 24.0 Å². The Morgan fingerprint density at radius 2 is 2.12 bits per heavy atom. The molecule has 2 aliphatic rings. The van der Waals surface area contributed by atoms with E-state index in [4.69, 9.17) is 4.42 Å². The summed E-state index contributed by atoms with van der Waals surface area (Å²) in [5.41, 5.74) is -0.541. The molecular formula is C18H30IN3O2. The van der Waals surface area contributed by atoms with Crippen molar-refractivity contribution in [3.05, 3.63) is 24.2 Å². The number of hydrogen-bond acceptors (Lipinski definition) is 3. The van der Waals surface area contributed by atoms with Crippen molar-refractivity contribution in [2.45, 2.75) is 51.0 Å². The van der Waals surface area contributed by atoms with Gasteiger partial charge in [0.15, 0.2) is 5.96 Å². The van der Waals surface area contributed by atoms with Crippen molar-refractivity contribution in [1.82, 2.24) is 10.2 Å². The molecule has 1 saturated heterocycles. The fourth-order valence-electron chi connectivity index (χ4n) is 4.08. The number of guanidine groups is 1. The third kappa shape index (κ3) is 4.25. The predicted molar refractivity (Wildman–Crippen MR) is 107 cm³/mol. The largest absolute Gasteiger partial charge is 0.466 e. The second-order valence-electron chi connectivity index (χ2n) is 7.38. The van der Waals surface area contributed by atoms with E-state index in [9.17, 15) is 5.11 Å². The Morgan fingerprint density at radius 3 is 2.75 bits per heavy atom. The van der Waals surface area contributed by atoms with Crippen molar-refractivity contribution >= 4 is 29.9 Å². The Hall–Kier alpha value is -0.760. The monoisotopic (exact) mass is 447 g/mol. The Morgan fingerprint density at radius 1 is 1.38 bits per heavy atom. The van der Waals surface area contributed by atoms with E-state index in [0.717, 1.165) is 19.0 Å². The minimum atomic E-state index is -1.04. The molecule has 136 valence electrons. The molecule has 1 aliphatic heterocycles. The van der Waals surface area contributed by atoms with Crippen LogP contribution in [0.15, 0.2) is 27.8 Å². The zero-order valence-corrected chi connectivity index (χ0v) is 17.1. The molecule has 5 nitrogen and oxygen atoms in total. The van der Waals surface area contributed by atoms with Gasteiger partial charge in [-0.05, 0) is 43.7 Å². The van der Waals surface area contributed by atoms with Gasteiger partial charge in [-0.1, -0.05) is 19.3 Å². The Bertz CT molecular complexity index is 536. The van der Waals surface area contributed by atoms with Crippen LogP contribution in [0.2, 0.25) is 0 Å². The summed E-state index contributed by atoms with van der Waals surface area (Å²) in [5.74, 6) is 1.46. The zero-order valence-electron chi connectivity index (χ0n) is 14.8. The van der Waals surface area contributed by atoms with Crippen molar-refractivity contribution in [2.24, 2.45) is 10.4 Å². The van der Waals surface area contributed by atoms with E-state index in [1.807, 2.05) is 7.05 Å². The molecule has 2 fully saturated rings. The maximum atomic E-state index is 10.6. The van der Waals surface area contributed by atoms with Crippen LogP contribution in [0.1, 0.15) is 51.2 Å². The molecule has 6 heteroatoms. The van der Waals surface area contributed by atoms with Crippen LogP contribution in [0.4, 0.5) is 0 Å². The number of furan rings is 1. The number of nitrogens with one attached hydrogen (secondary N) is 1. The van der Waals surface area contributed by atoms with E-state index in [1.165, 1.54) is 38.5 Å². The van der Waals surface area contributed by atoms with Crippen molar-refractivity contribution in [3.8, 4) is 0 Å². The minimum Gasteiger partial charge on any atom is -0.466 e. The molecular weight excluding hydrogens is 417 g/mol. The van der Waals surface area contributed by atoms with E-state index in [1.54, 1.807) is 25.3 Å². The molecule has 3 rings (SSSR count). The fourth-order valence-corrected chi connectivity index (χ4v) is 4.08. The molecule has 1 atom stereocenters. The van der Waals surface area contributed by atoms with Crippen molar-refractivity contribution in [2.75, 3.05) is 26.7 Å². The highest BCUT2D eigenvalue weighted by atomic mass is 127. The van der Waals surface area contributed by atoms with Crippen molar-refractivity contribution in [3.63, 3.8) is 0 Å².